The molecule has 260 valence electrons. The molecule has 8 nitrogen and oxygen atoms in total. The maximum atomic E-state index is 12.6. The lowest BCUT2D eigenvalue weighted by Gasteiger charge is -2.34. The molecule has 0 aromatic carbocycles. The second-order valence-corrected chi connectivity index (χ2v) is 12.7. The zero-order valence-corrected chi connectivity index (χ0v) is 29.3. The fourth-order valence-electron chi connectivity index (χ4n) is 4.79. The van der Waals surface area contributed by atoms with E-state index in [-0.39, 0.29) is 42.7 Å². The Hall–Kier alpha value is -2.45. The third-order valence-electron chi connectivity index (χ3n) is 7.54. The summed E-state index contributed by atoms with van der Waals surface area (Å²) in [5.74, 6) is -1.77. The van der Waals surface area contributed by atoms with E-state index in [9.17, 15) is 19.5 Å². The molecule has 0 aliphatic carbocycles. The van der Waals surface area contributed by atoms with Crippen LogP contribution in [0.15, 0.2) is 36.5 Å². The van der Waals surface area contributed by atoms with E-state index in [0.717, 1.165) is 77.0 Å². The molecular weight excluding hydrogens is 570 g/mol. The summed E-state index contributed by atoms with van der Waals surface area (Å²) >= 11 is 0. The van der Waals surface area contributed by atoms with Crippen LogP contribution in [0.2, 0.25) is 0 Å². The summed E-state index contributed by atoms with van der Waals surface area (Å²) in [4.78, 5) is 36.4. The Bertz CT molecular complexity index is 844. The fraction of sp³-hybridized carbons (Fsp3) is 0.757. The van der Waals surface area contributed by atoms with Crippen LogP contribution in [0.25, 0.3) is 0 Å². The van der Waals surface area contributed by atoms with Crippen molar-refractivity contribution in [2.75, 3.05) is 41.0 Å². The number of allylic oxidation sites excluding steroid dienone is 6. The van der Waals surface area contributed by atoms with Crippen LogP contribution in [0.5, 0.6) is 0 Å². The van der Waals surface area contributed by atoms with Gasteiger partial charge in [0, 0.05) is 19.3 Å². The largest absolute Gasteiger partial charge is 0.544 e. The molecule has 0 N–H and O–H groups in total. The van der Waals surface area contributed by atoms with Gasteiger partial charge in [0.15, 0.2) is 6.10 Å². The van der Waals surface area contributed by atoms with Crippen LogP contribution in [0.1, 0.15) is 129 Å². The van der Waals surface area contributed by atoms with Crippen molar-refractivity contribution in [2.24, 2.45) is 0 Å². The van der Waals surface area contributed by atoms with Gasteiger partial charge in [0.1, 0.15) is 12.6 Å². The summed E-state index contributed by atoms with van der Waals surface area (Å²) in [7, 11) is 5.37. The van der Waals surface area contributed by atoms with Crippen LogP contribution in [0.4, 0.5) is 0 Å². The maximum Gasteiger partial charge on any atom is 0.306 e. The van der Waals surface area contributed by atoms with Gasteiger partial charge in [0.25, 0.3) is 0 Å². The summed E-state index contributed by atoms with van der Waals surface area (Å²) in [6.45, 7) is 4.44. The molecule has 2 unspecified atom stereocenters. The minimum atomic E-state index is -1.13. The van der Waals surface area contributed by atoms with Gasteiger partial charge in [0.2, 0.25) is 0 Å². The summed E-state index contributed by atoms with van der Waals surface area (Å²) in [6.07, 6.45) is 29.0. The van der Waals surface area contributed by atoms with E-state index in [1.807, 2.05) is 0 Å². The summed E-state index contributed by atoms with van der Waals surface area (Å²) < 4.78 is 16.9. The van der Waals surface area contributed by atoms with Crippen LogP contribution in [0.3, 0.4) is 0 Å². The van der Waals surface area contributed by atoms with E-state index in [1.54, 1.807) is 21.1 Å². The molecule has 0 saturated carbocycles. The number of rotatable bonds is 30. The molecule has 2 atom stereocenters. The zero-order chi connectivity index (χ0) is 33.6. The standard InChI is InChI=1S/C37H65NO7/c1-6-8-10-12-14-15-16-17-18-19-20-21-22-24-26-28-36(40)45-33(31-43-30-29-34(37(41)42)38(3,4)5)32-44-35(39)27-25-23-13-11-9-7-2/h8,10,14-15,17-18,33-34H,6-7,9,11-13,16,19-32H2,1-5H3/b10-8-,15-14-,18-17-. The Morgan fingerprint density at radius 3 is 1.84 bits per heavy atom. The maximum absolute atomic E-state index is 12.6. The van der Waals surface area contributed by atoms with Crippen molar-refractivity contribution in [3.05, 3.63) is 36.5 Å². The molecule has 0 radical (unpaired) electrons. The number of likely N-dealkylation sites (N-methyl/N-ethyl adjacent to an activating group) is 1. The monoisotopic (exact) mass is 635 g/mol. The van der Waals surface area contributed by atoms with Crippen molar-refractivity contribution in [1.82, 2.24) is 0 Å². The Morgan fingerprint density at radius 2 is 1.24 bits per heavy atom. The normalized spacial score (nSPS) is 13.5. The number of unbranched alkanes of at least 4 members (excludes halogenated alkanes) is 10. The molecule has 0 aromatic heterocycles. The third kappa shape index (κ3) is 27.6. The second-order valence-electron chi connectivity index (χ2n) is 12.7. The first-order chi connectivity index (χ1) is 21.6. The number of quaternary nitrogens is 1. The van der Waals surface area contributed by atoms with Crippen LogP contribution in [-0.4, -0.2) is 75.5 Å². The number of carboxylic acid groups (broad SMARTS) is 1. The highest BCUT2D eigenvalue weighted by atomic mass is 16.6. The molecule has 8 heteroatoms. The molecule has 0 aliphatic heterocycles. The molecule has 0 rings (SSSR count). The highest BCUT2D eigenvalue weighted by molar-refractivity contribution is 5.70. The number of hydrogen-bond donors (Lipinski definition) is 0. The van der Waals surface area contributed by atoms with Crippen LogP contribution in [0, 0.1) is 0 Å². The average molecular weight is 636 g/mol. The van der Waals surface area contributed by atoms with Gasteiger partial charge in [-0.2, -0.15) is 0 Å². The predicted octanol–water partition coefficient (Wildman–Crippen LogP) is 7.01. The number of hydrogen-bond acceptors (Lipinski definition) is 7. The van der Waals surface area contributed by atoms with Crippen LogP contribution < -0.4 is 5.11 Å². The molecule has 0 heterocycles. The van der Waals surface area contributed by atoms with Crippen molar-refractivity contribution >= 4 is 17.9 Å². The molecule has 45 heavy (non-hydrogen) atoms. The van der Waals surface area contributed by atoms with E-state index in [1.165, 1.54) is 19.3 Å². The lowest BCUT2D eigenvalue weighted by atomic mass is 10.1. The van der Waals surface area contributed by atoms with Gasteiger partial charge < -0.3 is 28.6 Å². The van der Waals surface area contributed by atoms with E-state index in [4.69, 9.17) is 14.2 Å². The first kappa shape index (κ1) is 42.6. The molecule has 0 aliphatic rings. The first-order valence-corrected chi connectivity index (χ1v) is 17.5. The van der Waals surface area contributed by atoms with Gasteiger partial charge in [-0.25, -0.2) is 0 Å². The van der Waals surface area contributed by atoms with Gasteiger partial charge >= 0.3 is 11.9 Å². The molecule has 0 aromatic rings. The number of aliphatic carboxylic acids is 1. The van der Waals surface area contributed by atoms with Crippen molar-refractivity contribution in [1.29, 1.82) is 0 Å². The minimum absolute atomic E-state index is 0.0339. The summed E-state index contributed by atoms with van der Waals surface area (Å²) in [5, 5.41) is 11.5. The SMILES string of the molecule is CC/C=C\C/C=C\C/C=C\CCCCCCCC(=O)OC(COCCC(C(=O)[O-])[N+](C)(C)C)COC(=O)CCCCCCCC. The van der Waals surface area contributed by atoms with Gasteiger partial charge in [-0.05, 0) is 44.9 Å². The topological polar surface area (TPSA) is 102 Å². The van der Waals surface area contributed by atoms with E-state index >= 15 is 0 Å². The number of ether oxygens (including phenoxy) is 3. The number of carboxylic acids is 1. The quantitative estimate of drug-likeness (QED) is 0.0362. The lowest BCUT2D eigenvalue weighted by Crippen LogP contribution is -2.55. The number of carbonyl (C=O) groups excluding carboxylic acids is 3. The van der Waals surface area contributed by atoms with Gasteiger partial charge in [0.05, 0.1) is 40.3 Å². The van der Waals surface area contributed by atoms with E-state index in [2.05, 4.69) is 50.3 Å². The molecule has 0 fully saturated rings. The van der Waals surface area contributed by atoms with E-state index < -0.39 is 18.1 Å². The van der Waals surface area contributed by atoms with Crippen LogP contribution >= 0.6 is 0 Å². The molecule has 0 amide bonds. The first-order valence-electron chi connectivity index (χ1n) is 17.5. The lowest BCUT2D eigenvalue weighted by molar-refractivity contribution is -0.889. The van der Waals surface area contributed by atoms with Gasteiger partial charge in [-0.1, -0.05) is 102 Å². The molecule has 0 saturated heterocycles. The number of carbonyl (C=O) groups is 3. The van der Waals surface area contributed by atoms with E-state index in [0.29, 0.717) is 12.8 Å². The Morgan fingerprint density at radius 1 is 0.689 bits per heavy atom. The third-order valence-corrected chi connectivity index (χ3v) is 7.54. The van der Waals surface area contributed by atoms with Crippen molar-refractivity contribution < 1.29 is 38.2 Å². The Kier molecular flexibility index (Phi) is 27.4. The number of esters is 2. The smallest absolute Gasteiger partial charge is 0.306 e. The summed E-state index contributed by atoms with van der Waals surface area (Å²) in [6, 6.07) is -0.725. The van der Waals surface area contributed by atoms with Crippen LogP contribution in [-0.2, 0) is 28.6 Å². The predicted molar refractivity (Wildman–Crippen MR) is 180 cm³/mol. The Labute approximate surface area is 274 Å². The average Bonchev–Trinajstić information content (AvgIpc) is 2.98. The minimum Gasteiger partial charge on any atom is -0.544 e. The summed E-state index contributed by atoms with van der Waals surface area (Å²) in [5.41, 5.74) is 0. The molecular formula is C37H65NO7. The molecule has 0 spiro atoms. The number of nitrogens with zero attached hydrogens (tertiary/aromatic N) is 1. The zero-order valence-electron chi connectivity index (χ0n) is 29.3. The highest BCUT2D eigenvalue weighted by Crippen LogP contribution is 2.12. The second kappa shape index (κ2) is 29.0. The van der Waals surface area contributed by atoms with Crippen molar-refractivity contribution in [3.8, 4) is 0 Å². The van der Waals surface area contributed by atoms with Crippen molar-refractivity contribution in [2.45, 2.75) is 142 Å². The highest BCUT2D eigenvalue weighted by Gasteiger charge is 2.25. The Balaban J connectivity index is 4.43. The van der Waals surface area contributed by atoms with Crippen molar-refractivity contribution in [3.63, 3.8) is 0 Å². The molecule has 0 bridgehead atoms. The van der Waals surface area contributed by atoms with Gasteiger partial charge in [-0.15, -0.1) is 0 Å². The van der Waals surface area contributed by atoms with Gasteiger partial charge in [-0.3, -0.25) is 9.59 Å². The fourth-order valence-corrected chi connectivity index (χ4v) is 4.79.